The number of hydrogen-bond donors (Lipinski definition) is 2. The van der Waals surface area contributed by atoms with Crippen molar-refractivity contribution in [3.05, 3.63) is 59.2 Å². The lowest BCUT2D eigenvalue weighted by Gasteiger charge is -2.47. The van der Waals surface area contributed by atoms with Gasteiger partial charge in [0.25, 0.3) is 5.91 Å². The summed E-state index contributed by atoms with van der Waals surface area (Å²) in [5.74, 6) is -1.52. The molecule has 0 unspecified atom stereocenters. The van der Waals surface area contributed by atoms with Gasteiger partial charge in [-0.3, -0.25) is 9.69 Å². The SMILES string of the molecule is CC1(C)Cc2cccc(CN3CCC4(CC3)CCN(C(=O)c3cccc(N)c3)CC4)c2O1.O=C(O)C(F)(F)F. The van der Waals surface area contributed by atoms with E-state index in [9.17, 15) is 18.0 Å². The van der Waals surface area contributed by atoms with Crippen molar-refractivity contribution in [2.45, 2.75) is 64.3 Å². The molecule has 5 rings (SSSR count). The van der Waals surface area contributed by atoms with Crippen LogP contribution >= 0.6 is 0 Å². The number of benzene rings is 2. The minimum Gasteiger partial charge on any atom is -0.487 e. The van der Waals surface area contributed by atoms with Gasteiger partial charge in [-0.1, -0.05) is 24.3 Å². The van der Waals surface area contributed by atoms with E-state index in [4.69, 9.17) is 20.4 Å². The Balaban J connectivity index is 0.000000448. The first-order valence-corrected chi connectivity index (χ1v) is 13.2. The summed E-state index contributed by atoms with van der Waals surface area (Å²) in [6, 6.07) is 14.0. The number of aliphatic carboxylic acids is 1. The number of halogens is 3. The Labute approximate surface area is 226 Å². The Hall–Kier alpha value is -3.27. The molecule has 3 N–H and O–H groups in total. The first-order chi connectivity index (χ1) is 18.3. The quantitative estimate of drug-likeness (QED) is 0.517. The summed E-state index contributed by atoms with van der Waals surface area (Å²) in [5, 5.41) is 7.12. The smallest absolute Gasteiger partial charge is 0.487 e. The molecular weight excluding hydrogens is 511 g/mol. The fourth-order valence-electron chi connectivity index (χ4n) is 5.77. The Morgan fingerprint density at radius 3 is 2.18 bits per heavy atom. The molecule has 0 bridgehead atoms. The number of carboxylic acids is 1. The number of hydrogen-bond acceptors (Lipinski definition) is 5. The molecule has 2 aromatic carbocycles. The molecule has 2 aromatic rings. The van der Waals surface area contributed by atoms with E-state index < -0.39 is 12.1 Å². The third kappa shape index (κ3) is 7.03. The summed E-state index contributed by atoms with van der Waals surface area (Å²) in [6.07, 6.45) is 0.549. The zero-order chi connectivity index (χ0) is 28.4. The van der Waals surface area contributed by atoms with Gasteiger partial charge in [0.05, 0.1) is 0 Å². The molecule has 39 heavy (non-hydrogen) atoms. The maximum atomic E-state index is 12.9. The summed E-state index contributed by atoms with van der Waals surface area (Å²) < 4.78 is 38.0. The number of carbonyl (C=O) groups excluding carboxylic acids is 1. The van der Waals surface area contributed by atoms with Crippen molar-refractivity contribution >= 4 is 17.6 Å². The lowest BCUT2D eigenvalue weighted by Crippen LogP contribution is -2.48. The highest BCUT2D eigenvalue weighted by molar-refractivity contribution is 5.95. The number of carboxylic acid groups (broad SMARTS) is 1. The van der Waals surface area contributed by atoms with E-state index in [0.717, 1.165) is 57.7 Å². The average molecular weight is 548 g/mol. The zero-order valence-electron chi connectivity index (χ0n) is 22.4. The number of alkyl halides is 3. The molecule has 2 saturated heterocycles. The highest BCUT2D eigenvalue weighted by atomic mass is 19.4. The number of nitrogen functional groups attached to an aromatic ring is 1. The monoisotopic (exact) mass is 547 g/mol. The van der Waals surface area contributed by atoms with Gasteiger partial charge in [-0.05, 0) is 81.8 Å². The predicted molar refractivity (Wildman–Crippen MR) is 141 cm³/mol. The Kier molecular flexibility index (Phi) is 8.16. The van der Waals surface area contributed by atoms with Gasteiger partial charge in [0.1, 0.15) is 11.4 Å². The highest BCUT2D eigenvalue weighted by Crippen LogP contribution is 2.43. The molecule has 3 heterocycles. The number of para-hydroxylation sites is 1. The second-order valence-electron chi connectivity index (χ2n) is 11.4. The van der Waals surface area contributed by atoms with E-state index in [1.54, 1.807) is 6.07 Å². The molecular formula is C29H36F3N3O4. The Morgan fingerprint density at radius 2 is 1.59 bits per heavy atom. The number of anilines is 1. The Bertz CT molecular complexity index is 1200. The van der Waals surface area contributed by atoms with Crippen LogP contribution in [0.25, 0.3) is 0 Å². The molecule has 0 atom stereocenters. The molecule has 212 valence electrons. The van der Waals surface area contributed by atoms with Crippen LogP contribution in [0.2, 0.25) is 0 Å². The molecule has 0 radical (unpaired) electrons. The second kappa shape index (κ2) is 11.1. The number of nitrogens with zero attached hydrogens (tertiary/aromatic N) is 2. The van der Waals surface area contributed by atoms with E-state index in [2.05, 4.69) is 36.9 Å². The third-order valence-corrected chi connectivity index (χ3v) is 7.97. The van der Waals surface area contributed by atoms with Gasteiger partial charge < -0.3 is 20.5 Å². The van der Waals surface area contributed by atoms with Crippen LogP contribution in [0.15, 0.2) is 42.5 Å². The fourth-order valence-corrected chi connectivity index (χ4v) is 5.77. The van der Waals surface area contributed by atoms with E-state index in [0.29, 0.717) is 16.7 Å². The molecule has 2 fully saturated rings. The molecule has 7 nitrogen and oxygen atoms in total. The highest BCUT2D eigenvalue weighted by Gasteiger charge is 2.40. The standard InChI is InChI=1S/C27H35N3O2.C2HF3O2/c1-26(2)18-21-6-3-7-22(24(21)32-26)19-29-13-9-27(10-14-29)11-15-30(16-12-27)25(31)20-5-4-8-23(28)17-20;3-2(4,5)1(6)7/h3-8,17H,9-16,18-19,28H2,1-2H3;(H,6,7). The van der Waals surface area contributed by atoms with E-state index in [1.165, 1.54) is 24.0 Å². The average Bonchev–Trinajstić information content (AvgIpc) is 3.20. The van der Waals surface area contributed by atoms with Gasteiger partial charge in [0.15, 0.2) is 0 Å². The number of ether oxygens (including phenoxy) is 1. The molecule has 10 heteroatoms. The van der Waals surface area contributed by atoms with Gasteiger partial charge in [0.2, 0.25) is 0 Å². The maximum Gasteiger partial charge on any atom is 0.490 e. The molecule has 3 aliphatic rings. The Morgan fingerprint density at radius 1 is 1.00 bits per heavy atom. The number of amides is 1. The number of carbonyl (C=O) groups is 2. The number of nitrogens with two attached hydrogens (primary N) is 1. The summed E-state index contributed by atoms with van der Waals surface area (Å²) in [6.45, 7) is 9.25. The predicted octanol–water partition coefficient (Wildman–Crippen LogP) is 5.13. The number of rotatable bonds is 3. The van der Waals surface area contributed by atoms with Crippen LogP contribution in [-0.4, -0.2) is 64.7 Å². The van der Waals surface area contributed by atoms with Crippen molar-refractivity contribution in [1.29, 1.82) is 0 Å². The van der Waals surface area contributed by atoms with Gasteiger partial charge in [0, 0.05) is 42.9 Å². The topological polar surface area (TPSA) is 96.1 Å². The van der Waals surface area contributed by atoms with Crippen LogP contribution in [0, 0.1) is 5.41 Å². The van der Waals surface area contributed by atoms with Gasteiger partial charge in [-0.2, -0.15) is 13.2 Å². The van der Waals surface area contributed by atoms with Crippen molar-refractivity contribution in [3.8, 4) is 5.75 Å². The fraction of sp³-hybridized carbons (Fsp3) is 0.517. The maximum absolute atomic E-state index is 12.9. The van der Waals surface area contributed by atoms with Gasteiger partial charge in [-0.25, -0.2) is 4.79 Å². The summed E-state index contributed by atoms with van der Waals surface area (Å²) in [4.78, 5) is 26.4. The van der Waals surface area contributed by atoms with Crippen LogP contribution in [0.4, 0.5) is 18.9 Å². The largest absolute Gasteiger partial charge is 0.490 e. The van der Waals surface area contributed by atoms with Crippen LogP contribution in [-0.2, 0) is 17.8 Å². The van der Waals surface area contributed by atoms with E-state index >= 15 is 0 Å². The van der Waals surface area contributed by atoms with Crippen molar-refractivity contribution in [3.63, 3.8) is 0 Å². The van der Waals surface area contributed by atoms with E-state index in [1.807, 2.05) is 23.1 Å². The van der Waals surface area contributed by atoms with Crippen molar-refractivity contribution in [2.75, 3.05) is 31.9 Å². The van der Waals surface area contributed by atoms with Gasteiger partial charge >= 0.3 is 12.1 Å². The van der Waals surface area contributed by atoms with Crippen LogP contribution in [0.5, 0.6) is 5.75 Å². The van der Waals surface area contributed by atoms with Crippen LogP contribution in [0.3, 0.4) is 0 Å². The summed E-state index contributed by atoms with van der Waals surface area (Å²) in [7, 11) is 0. The third-order valence-electron chi connectivity index (χ3n) is 7.97. The first kappa shape index (κ1) is 28.7. The van der Waals surface area contributed by atoms with Gasteiger partial charge in [-0.15, -0.1) is 0 Å². The van der Waals surface area contributed by atoms with Crippen molar-refractivity contribution < 1.29 is 32.6 Å². The molecule has 0 aliphatic carbocycles. The molecule has 1 amide bonds. The van der Waals surface area contributed by atoms with E-state index in [-0.39, 0.29) is 11.5 Å². The first-order valence-electron chi connectivity index (χ1n) is 13.2. The zero-order valence-corrected chi connectivity index (χ0v) is 22.4. The minimum absolute atomic E-state index is 0.0960. The molecule has 0 saturated carbocycles. The minimum atomic E-state index is -5.08. The molecule has 3 aliphatic heterocycles. The lowest BCUT2D eigenvalue weighted by molar-refractivity contribution is -0.192. The molecule has 0 aromatic heterocycles. The van der Waals surface area contributed by atoms with Crippen molar-refractivity contribution in [2.24, 2.45) is 5.41 Å². The number of likely N-dealkylation sites (tertiary alicyclic amines) is 2. The van der Waals surface area contributed by atoms with Crippen LogP contribution < -0.4 is 10.5 Å². The van der Waals surface area contributed by atoms with Crippen LogP contribution in [0.1, 0.15) is 61.0 Å². The lowest BCUT2D eigenvalue weighted by atomic mass is 9.71. The number of fused-ring (bicyclic) bond motifs is 1. The summed E-state index contributed by atoms with van der Waals surface area (Å²) >= 11 is 0. The van der Waals surface area contributed by atoms with Crippen molar-refractivity contribution in [1.82, 2.24) is 9.80 Å². The second-order valence-corrected chi connectivity index (χ2v) is 11.4. The summed E-state index contributed by atoms with van der Waals surface area (Å²) in [5.41, 5.74) is 10.2. The number of piperidine rings is 2. The normalized spacial score (nSPS) is 20.0. The molecule has 1 spiro atoms.